The van der Waals surface area contributed by atoms with Crippen molar-refractivity contribution in [1.29, 1.82) is 0 Å². The summed E-state index contributed by atoms with van der Waals surface area (Å²) in [6, 6.07) is 10.1. The van der Waals surface area contributed by atoms with Gasteiger partial charge < -0.3 is 0 Å². The SMILES string of the molecule is O=C1CCCCC1=CC=Cc1ccccc1. The van der Waals surface area contributed by atoms with Gasteiger partial charge in [-0.3, -0.25) is 4.79 Å². The molecule has 0 spiro atoms. The number of hydrogen-bond donors (Lipinski definition) is 0. The maximum absolute atomic E-state index is 11.5. The molecule has 1 saturated carbocycles. The van der Waals surface area contributed by atoms with Crippen molar-refractivity contribution in [3.63, 3.8) is 0 Å². The molecule has 0 aliphatic heterocycles. The molecule has 1 heteroatoms. The Hall–Kier alpha value is -1.63. The van der Waals surface area contributed by atoms with E-state index in [9.17, 15) is 4.79 Å². The Kier molecular flexibility index (Phi) is 3.71. The molecule has 16 heavy (non-hydrogen) atoms. The number of carbonyl (C=O) groups excluding carboxylic acids is 1. The number of benzene rings is 1. The number of rotatable bonds is 2. The molecule has 82 valence electrons. The van der Waals surface area contributed by atoms with Crippen LogP contribution in [0.2, 0.25) is 0 Å². The highest BCUT2D eigenvalue weighted by Crippen LogP contribution is 2.19. The maximum atomic E-state index is 11.5. The summed E-state index contributed by atoms with van der Waals surface area (Å²) in [7, 11) is 0. The van der Waals surface area contributed by atoms with E-state index in [1.165, 1.54) is 5.56 Å². The molecule has 1 aromatic carbocycles. The normalized spacial score (nSPS) is 19.5. The van der Waals surface area contributed by atoms with Gasteiger partial charge in [-0.15, -0.1) is 0 Å². The van der Waals surface area contributed by atoms with E-state index in [0.717, 1.165) is 31.3 Å². The summed E-state index contributed by atoms with van der Waals surface area (Å²) in [5, 5.41) is 0. The first-order valence-corrected chi connectivity index (χ1v) is 5.82. The summed E-state index contributed by atoms with van der Waals surface area (Å²) in [6.45, 7) is 0. The Bertz CT molecular complexity index is 412. The Morgan fingerprint density at radius 3 is 2.50 bits per heavy atom. The molecule has 1 fully saturated rings. The Morgan fingerprint density at radius 2 is 1.75 bits per heavy atom. The first-order valence-electron chi connectivity index (χ1n) is 5.82. The van der Waals surface area contributed by atoms with Crippen LogP contribution in [-0.2, 0) is 4.79 Å². The van der Waals surface area contributed by atoms with Gasteiger partial charge in [0.1, 0.15) is 0 Å². The van der Waals surface area contributed by atoms with Crippen LogP contribution in [0.4, 0.5) is 0 Å². The van der Waals surface area contributed by atoms with Crippen LogP contribution in [0.15, 0.2) is 48.1 Å². The van der Waals surface area contributed by atoms with Gasteiger partial charge in [-0.2, -0.15) is 0 Å². The van der Waals surface area contributed by atoms with E-state index in [4.69, 9.17) is 0 Å². The summed E-state index contributed by atoms with van der Waals surface area (Å²) in [5.41, 5.74) is 2.15. The lowest BCUT2D eigenvalue weighted by atomic mass is 9.93. The molecular weight excluding hydrogens is 196 g/mol. The van der Waals surface area contributed by atoms with Crippen LogP contribution < -0.4 is 0 Å². The van der Waals surface area contributed by atoms with Crippen molar-refractivity contribution < 1.29 is 4.79 Å². The molecular formula is C15H16O. The molecule has 0 atom stereocenters. The van der Waals surface area contributed by atoms with E-state index < -0.39 is 0 Å². The average molecular weight is 212 g/mol. The van der Waals surface area contributed by atoms with Crippen LogP contribution in [0.1, 0.15) is 31.2 Å². The molecule has 0 aromatic heterocycles. The Labute approximate surface area is 96.5 Å². The zero-order chi connectivity index (χ0) is 11.2. The Balaban J connectivity index is 2.02. The second-order valence-electron chi connectivity index (χ2n) is 4.09. The van der Waals surface area contributed by atoms with Gasteiger partial charge in [0.05, 0.1) is 0 Å². The lowest BCUT2D eigenvalue weighted by Gasteiger charge is -2.11. The van der Waals surface area contributed by atoms with Gasteiger partial charge in [0, 0.05) is 6.42 Å². The molecule has 0 radical (unpaired) electrons. The average Bonchev–Trinajstić information content (AvgIpc) is 2.33. The van der Waals surface area contributed by atoms with Crippen LogP contribution in [-0.4, -0.2) is 5.78 Å². The highest BCUT2D eigenvalue weighted by Gasteiger charge is 2.13. The number of ketones is 1. The van der Waals surface area contributed by atoms with Crippen LogP contribution >= 0.6 is 0 Å². The fraction of sp³-hybridized carbons (Fsp3) is 0.267. The summed E-state index contributed by atoms with van der Waals surface area (Å²) in [5.74, 6) is 0.323. The number of hydrogen-bond acceptors (Lipinski definition) is 1. The van der Waals surface area contributed by atoms with Crippen molar-refractivity contribution in [2.45, 2.75) is 25.7 Å². The van der Waals surface area contributed by atoms with Gasteiger partial charge in [-0.05, 0) is 30.4 Å². The largest absolute Gasteiger partial charge is 0.295 e. The van der Waals surface area contributed by atoms with E-state index in [1.807, 2.05) is 36.4 Å². The molecule has 0 N–H and O–H groups in total. The van der Waals surface area contributed by atoms with Gasteiger partial charge >= 0.3 is 0 Å². The Morgan fingerprint density at radius 1 is 1.00 bits per heavy atom. The van der Waals surface area contributed by atoms with Gasteiger partial charge in [-0.1, -0.05) is 48.6 Å². The lowest BCUT2D eigenvalue weighted by molar-refractivity contribution is -0.116. The maximum Gasteiger partial charge on any atom is 0.158 e. The minimum absolute atomic E-state index is 0.323. The number of allylic oxidation sites excluding steroid dienone is 3. The quantitative estimate of drug-likeness (QED) is 0.682. The zero-order valence-corrected chi connectivity index (χ0v) is 9.36. The third-order valence-electron chi connectivity index (χ3n) is 2.84. The third-order valence-corrected chi connectivity index (χ3v) is 2.84. The minimum Gasteiger partial charge on any atom is -0.295 e. The van der Waals surface area contributed by atoms with Crippen molar-refractivity contribution in [2.24, 2.45) is 0 Å². The first-order chi connectivity index (χ1) is 7.86. The number of carbonyl (C=O) groups is 1. The van der Waals surface area contributed by atoms with Gasteiger partial charge in [-0.25, -0.2) is 0 Å². The fourth-order valence-corrected chi connectivity index (χ4v) is 1.92. The van der Waals surface area contributed by atoms with Crippen molar-refractivity contribution >= 4 is 11.9 Å². The molecule has 0 heterocycles. The minimum atomic E-state index is 0.323. The molecule has 1 nitrogen and oxygen atoms in total. The topological polar surface area (TPSA) is 17.1 Å². The molecule has 1 aliphatic rings. The molecule has 2 rings (SSSR count). The van der Waals surface area contributed by atoms with Crippen LogP contribution in [0.3, 0.4) is 0 Å². The first kappa shape index (κ1) is 10.9. The molecule has 0 unspecified atom stereocenters. The van der Waals surface area contributed by atoms with Crippen LogP contribution in [0, 0.1) is 0 Å². The second kappa shape index (κ2) is 5.45. The summed E-state index contributed by atoms with van der Waals surface area (Å²) in [6.07, 6.45) is 9.86. The zero-order valence-electron chi connectivity index (χ0n) is 9.36. The van der Waals surface area contributed by atoms with Crippen molar-refractivity contribution in [2.75, 3.05) is 0 Å². The van der Waals surface area contributed by atoms with E-state index >= 15 is 0 Å². The van der Waals surface area contributed by atoms with Gasteiger partial charge in [0.2, 0.25) is 0 Å². The van der Waals surface area contributed by atoms with Gasteiger partial charge in [0.15, 0.2) is 5.78 Å². The van der Waals surface area contributed by atoms with Crippen molar-refractivity contribution in [1.82, 2.24) is 0 Å². The molecule has 1 aromatic rings. The van der Waals surface area contributed by atoms with Gasteiger partial charge in [0.25, 0.3) is 0 Å². The monoisotopic (exact) mass is 212 g/mol. The molecule has 0 saturated heterocycles. The molecule has 1 aliphatic carbocycles. The van der Waals surface area contributed by atoms with E-state index in [-0.39, 0.29) is 0 Å². The highest BCUT2D eigenvalue weighted by atomic mass is 16.1. The van der Waals surface area contributed by atoms with E-state index in [0.29, 0.717) is 5.78 Å². The van der Waals surface area contributed by atoms with Crippen LogP contribution in [0.5, 0.6) is 0 Å². The molecule has 0 bridgehead atoms. The summed E-state index contributed by atoms with van der Waals surface area (Å²) < 4.78 is 0. The predicted octanol–water partition coefficient (Wildman–Crippen LogP) is 3.77. The highest BCUT2D eigenvalue weighted by molar-refractivity contribution is 5.96. The van der Waals surface area contributed by atoms with Crippen molar-refractivity contribution in [3.8, 4) is 0 Å². The molecule has 0 amide bonds. The summed E-state index contributed by atoms with van der Waals surface area (Å²) >= 11 is 0. The second-order valence-corrected chi connectivity index (χ2v) is 4.09. The predicted molar refractivity (Wildman–Crippen MR) is 67.0 cm³/mol. The smallest absolute Gasteiger partial charge is 0.158 e. The van der Waals surface area contributed by atoms with E-state index in [1.54, 1.807) is 0 Å². The summed E-state index contributed by atoms with van der Waals surface area (Å²) in [4.78, 5) is 11.5. The lowest BCUT2D eigenvalue weighted by Crippen LogP contribution is -2.07. The van der Waals surface area contributed by atoms with Crippen LogP contribution in [0.25, 0.3) is 6.08 Å². The van der Waals surface area contributed by atoms with E-state index in [2.05, 4.69) is 12.1 Å². The third kappa shape index (κ3) is 2.93. The van der Waals surface area contributed by atoms with Crippen molar-refractivity contribution in [3.05, 3.63) is 53.6 Å². The standard InChI is InChI=1S/C15H16O/c16-15-12-5-4-10-14(15)11-6-9-13-7-2-1-3-8-13/h1-3,6-9,11H,4-5,10,12H2. The number of Topliss-reactive ketones (excluding diaryl/α,β-unsaturated/α-hetero) is 1. The fourth-order valence-electron chi connectivity index (χ4n) is 1.92.